The minimum Gasteiger partial charge on any atom is -0.478 e. The van der Waals surface area contributed by atoms with E-state index in [4.69, 9.17) is 5.11 Å². The van der Waals surface area contributed by atoms with Crippen molar-refractivity contribution in [3.8, 4) is 0 Å². The molecule has 0 unspecified atom stereocenters. The lowest BCUT2D eigenvalue weighted by atomic mass is 9.81. The normalized spacial score (nSPS) is 33.6. The summed E-state index contributed by atoms with van der Waals surface area (Å²) in [5, 5.41) is 9.05. The minimum atomic E-state index is -1.06. The Balaban J connectivity index is 1.73. The molecule has 1 saturated heterocycles. The Morgan fingerprint density at radius 2 is 1.71 bits per heavy atom. The Labute approximate surface area is 121 Å². The fraction of sp³-hybridized carbons (Fsp3) is 0.438. The SMILES string of the molecule is O=C(O)c1cccc(N2C(=O)[C@@H]3[C@H]4CC[C@@H](C4)[C@@H]3C2=O)c1. The van der Waals surface area contributed by atoms with Crippen molar-refractivity contribution in [2.75, 3.05) is 4.90 Å². The van der Waals surface area contributed by atoms with E-state index in [1.807, 2.05) is 0 Å². The van der Waals surface area contributed by atoms with Crippen molar-refractivity contribution in [1.82, 2.24) is 0 Å². The van der Waals surface area contributed by atoms with Gasteiger partial charge in [-0.2, -0.15) is 0 Å². The van der Waals surface area contributed by atoms with Gasteiger partial charge in [0.2, 0.25) is 11.8 Å². The second-order valence-corrected chi connectivity index (χ2v) is 6.25. The summed E-state index contributed by atoms with van der Waals surface area (Å²) in [6.07, 6.45) is 3.07. The molecule has 1 N–H and O–H groups in total. The number of hydrogen-bond acceptors (Lipinski definition) is 3. The Morgan fingerprint density at radius 3 is 2.29 bits per heavy atom. The van der Waals surface area contributed by atoms with Crippen LogP contribution in [0.5, 0.6) is 0 Å². The highest BCUT2D eigenvalue weighted by Gasteiger charge is 2.61. The third-order valence-electron chi connectivity index (χ3n) is 5.28. The maximum Gasteiger partial charge on any atom is 0.335 e. The molecule has 1 aromatic rings. The number of aromatic carboxylic acids is 1. The number of carboxylic acids is 1. The zero-order valence-corrected chi connectivity index (χ0v) is 11.4. The van der Waals surface area contributed by atoms with Crippen LogP contribution in [-0.2, 0) is 9.59 Å². The number of carboxylic acid groups (broad SMARTS) is 1. The zero-order chi connectivity index (χ0) is 14.7. The third-order valence-corrected chi connectivity index (χ3v) is 5.28. The molecule has 1 aliphatic heterocycles. The lowest BCUT2D eigenvalue weighted by Crippen LogP contribution is -2.32. The van der Waals surface area contributed by atoms with E-state index in [1.54, 1.807) is 12.1 Å². The average Bonchev–Trinajstić information content (AvgIpc) is 3.13. The van der Waals surface area contributed by atoms with Gasteiger partial charge in [-0.15, -0.1) is 0 Å². The predicted octanol–water partition coefficient (Wildman–Crippen LogP) is 1.92. The third kappa shape index (κ3) is 1.60. The molecule has 0 radical (unpaired) electrons. The van der Waals surface area contributed by atoms with E-state index < -0.39 is 5.97 Å². The molecular formula is C16H15NO4. The first-order chi connectivity index (χ1) is 10.1. The number of fused-ring (bicyclic) bond motifs is 5. The molecular weight excluding hydrogens is 270 g/mol. The first-order valence-electron chi connectivity index (χ1n) is 7.29. The molecule has 21 heavy (non-hydrogen) atoms. The number of anilines is 1. The zero-order valence-electron chi connectivity index (χ0n) is 11.4. The van der Waals surface area contributed by atoms with Crippen molar-refractivity contribution in [1.29, 1.82) is 0 Å². The summed E-state index contributed by atoms with van der Waals surface area (Å²) >= 11 is 0. The molecule has 4 atom stereocenters. The summed E-state index contributed by atoms with van der Waals surface area (Å²) in [5.41, 5.74) is 0.479. The summed E-state index contributed by atoms with van der Waals surface area (Å²) in [4.78, 5) is 37.5. The monoisotopic (exact) mass is 285 g/mol. The number of carbonyl (C=O) groups excluding carboxylic acids is 2. The molecule has 2 aliphatic carbocycles. The smallest absolute Gasteiger partial charge is 0.335 e. The standard InChI is InChI=1S/C16H15NO4/c18-14-12-8-4-5-9(6-8)13(12)15(19)17(14)11-3-1-2-10(7-11)16(20)21/h1-3,7-9,12-13H,4-6H2,(H,20,21)/t8-,9-,12-,13+/m0/s1. The van der Waals surface area contributed by atoms with Crippen LogP contribution in [0, 0.1) is 23.7 Å². The summed E-state index contributed by atoms with van der Waals surface area (Å²) in [7, 11) is 0. The number of rotatable bonds is 2. The molecule has 1 aromatic carbocycles. The van der Waals surface area contributed by atoms with Gasteiger partial charge in [0.05, 0.1) is 23.1 Å². The van der Waals surface area contributed by atoms with Crippen molar-refractivity contribution < 1.29 is 19.5 Å². The first kappa shape index (κ1) is 12.6. The van der Waals surface area contributed by atoms with Crippen LogP contribution in [0.25, 0.3) is 0 Å². The van der Waals surface area contributed by atoms with Crippen LogP contribution in [0.1, 0.15) is 29.6 Å². The minimum absolute atomic E-state index is 0.0909. The highest BCUT2D eigenvalue weighted by molar-refractivity contribution is 6.22. The van der Waals surface area contributed by atoms with E-state index >= 15 is 0 Å². The Bertz CT molecular complexity index is 640. The number of hydrogen-bond donors (Lipinski definition) is 1. The average molecular weight is 285 g/mol. The molecule has 108 valence electrons. The van der Waals surface area contributed by atoms with Gasteiger partial charge in [0.15, 0.2) is 0 Å². The molecule has 3 aliphatic rings. The van der Waals surface area contributed by atoms with Gasteiger partial charge in [0.25, 0.3) is 0 Å². The molecule has 4 rings (SSSR count). The predicted molar refractivity (Wildman–Crippen MR) is 73.7 cm³/mol. The van der Waals surface area contributed by atoms with E-state index in [2.05, 4.69) is 0 Å². The number of imide groups is 1. The molecule has 0 spiro atoms. The van der Waals surface area contributed by atoms with E-state index in [9.17, 15) is 14.4 Å². The lowest BCUT2D eigenvalue weighted by Gasteiger charge is -2.19. The molecule has 2 bridgehead atoms. The summed E-state index contributed by atoms with van der Waals surface area (Å²) in [5.74, 6) is -1.02. The quantitative estimate of drug-likeness (QED) is 0.842. The van der Waals surface area contributed by atoms with E-state index in [0.717, 1.165) is 19.3 Å². The van der Waals surface area contributed by atoms with Crippen LogP contribution in [-0.4, -0.2) is 22.9 Å². The molecule has 2 saturated carbocycles. The number of nitrogens with zero attached hydrogens (tertiary/aromatic N) is 1. The van der Waals surface area contributed by atoms with E-state index in [0.29, 0.717) is 17.5 Å². The maximum absolute atomic E-state index is 12.6. The maximum atomic E-state index is 12.6. The molecule has 5 nitrogen and oxygen atoms in total. The number of amides is 2. The topological polar surface area (TPSA) is 74.7 Å². The summed E-state index contributed by atoms with van der Waals surface area (Å²) in [6, 6.07) is 6.07. The highest BCUT2D eigenvalue weighted by Crippen LogP contribution is 2.56. The second kappa shape index (κ2) is 4.16. The van der Waals surface area contributed by atoms with Crippen molar-refractivity contribution >= 4 is 23.5 Å². The van der Waals surface area contributed by atoms with E-state index in [1.165, 1.54) is 17.0 Å². The van der Waals surface area contributed by atoms with Crippen LogP contribution < -0.4 is 4.90 Å². The van der Waals surface area contributed by atoms with Gasteiger partial charge >= 0.3 is 5.97 Å². The molecule has 0 aromatic heterocycles. The Hall–Kier alpha value is -2.17. The summed E-state index contributed by atoms with van der Waals surface area (Å²) in [6.45, 7) is 0. The van der Waals surface area contributed by atoms with Gasteiger partial charge < -0.3 is 5.11 Å². The van der Waals surface area contributed by atoms with Crippen molar-refractivity contribution in [3.05, 3.63) is 29.8 Å². The van der Waals surface area contributed by atoms with Gasteiger partial charge in [-0.25, -0.2) is 4.79 Å². The van der Waals surface area contributed by atoms with Gasteiger partial charge in [0.1, 0.15) is 0 Å². The second-order valence-electron chi connectivity index (χ2n) is 6.25. The number of benzene rings is 1. The van der Waals surface area contributed by atoms with Crippen molar-refractivity contribution in [2.45, 2.75) is 19.3 Å². The van der Waals surface area contributed by atoms with Crippen LogP contribution in [0.3, 0.4) is 0 Å². The molecule has 5 heteroatoms. The van der Waals surface area contributed by atoms with Gasteiger partial charge in [-0.1, -0.05) is 6.07 Å². The van der Waals surface area contributed by atoms with Crippen LogP contribution >= 0.6 is 0 Å². The number of carbonyl (C=O) groups is 3. The lowest BCUT2D eigenvalue weighted by molar-refractivity contribution is -0.123. The van der Waals surface area contributed by atoms with Crippen LogP contribution in [0.4, 0.5) is 5.69 Å². The Kier molecular flexibility index (Phi) is 2.49. The van der Waals surface area contributed by atoms with E-state index in [-0.39, 0.29) is 29.2 Å². The van der Waals surface area contributed by atoms with Gasteiger partial charge in [-0.3, -0.25) is 14.5 Å². The summed E-state index contributed by atoms with van der Waals surface area (Å²) < 4.78 is 0. The van der Waals surface area contributed by atoms with Crippen molar-refractivity contribution in [3.63, 3.8) is 0 Å². The molecule has 3 fully saturated rings. The Morgan fingerprint density at radius 1 is 1.10 bits per heavy atom. The molecule has 2 amide bonds. The van der Waals surface area contributed by atoms with Crippen LogP contribution in [0.15, 0.2) is 24.3 Å². The van der Waals surface area contributed by atoms with Gasteiger partial charge in [-0.05, 0) is 49.3 Å². The largest absolute Gasteiger partial charge is 0.478 e. The van der Waals surface area contributed by atoms with Crippen LogP contribution in [0.2, 0.25) is 0 Å². The first-order valence-corrected chi connectivity index (χ1v) is 7.29. The molecule has 1 heterocycles. The fourth-order valence-corrected chi connectivity index (χ4v) is 4.44. The highest BCUT2D eigenvalue weighted by atomic mass is 16.4. The van der Waals surface area contributed by atoms with Gasteiger partial charge in [0, 0.05) is 0 Å². The van der Waals surface area contributed by atoms with Crippen molar-refractivity contribution in [2.24, 2.45) is 23.7 Å². The fourth-order valence-electron chi connectivity index (χ4n) is 4.44.